The van der Waals surface area contributed by atoms with Crippen LogP contribution in [0.15, 0.2) is 71.6 Å². The second kappa shape index (κ2) is 10.7. The number of aryl methyl sites for hydroxylation is 1. The number of sulfonamides is 1. The molecule has 3 aromatic carbocycles. The maximum atomic E-state index is 13.4. The number of rotatable bonds is 7. The number of carbonyl (C=O) groups excluding carboxylic acids is 1. The first kappa shape index (κ1) is 25.0. The molecule has 1 aliphatic rings. The summed E-state index contributed by atoms with van der Waals surface area (Å²) >= 11 is 6.17. The number of methoxy groups -OCH3 is 1. The number of halogens is 1. The van der Waals surface area contributed by atoms with Gasteiger partial charge in [0, 0.05) is 18.1 Å². The van der Waals surface area contributed by atoms with Gasteiger partial charge in [0.1, 0.15) is 16.4 Å². The van der Waals surface area contributed by atoms with Gasteiger partial charge >= 0.3 is 0 Å². The van der Waals surface area contributed by atoms with E-state index in [1.54, 1.807) is 36.4 Å². The number of benzene rings is 3. The Morgan fingerprint density at radius 1 is 1.06 bits per heavy atom. The Morgan fingerprint density at radius 3 is 2.54 bits per heavy atom. The number of ether oxygens (including phenoxy) is 2. The number of piperidine rings is 1. The standard InChI is InChI=1S/C26H27ClN2O5S/c1-18-10-12-24(33-2)25(15-18)35(31,32)29-14-6-7-19(17-29)26(30)28-22-16-20(27)11-13-23(22)34-21-8-4-3-5-9-21/h3-5,8-13,15-16,19H,6-7,14,17H2,1-2H3,(H,28,30)/t19-/m1/s1. The zero-order chi connectivity index (χ0) is 25.0. The molecule has 0 aromatic heterocycles. The first-order valence-corrected chi connectivity index (χ1v) is 13.1. The molecule has 1 N–H and O–H groups in total. The molecule has 1 amide bonds. The second-order valence-electron chi connectivity index (χ2n) is 8.40. The van der Waals surface area contributed by atoms with Crippen molar-refractivity contribution in [2.24, 2.45) is 5.92 Å². The first-order chi connectivity index (χ1) is 16.8. The van der Waals surface area contributed by atoms with E-state index in [2.05, 4.69) is 5.32 Å². The van der Waals surface area contributed by atoms with Gasteiger partial charge in [-0.25, -0.2) is 8.42 Å². The summed E-state index contributed by atoms with van der Waals surface area (Å²) in [6.07, 6.45) is 1.13. The van der Waals surface area contributed by atoms with E-state index in [-0.39, 0.29) is 23.1 Å². The summed E-state index contributed by atoms with van der Waals surface area (Å²) in [5.74, 6) is 0.522. The molecule has 1 heterocycles. The van der Waals surface area contributed by atoms with Gasteiger partial charge in [-0.05, 0) is 67.8 Å². The lowest BCUT2D eigenvalue weighted by Crippen LogP contribution is -2.43. The predicted molar refractivity (Wildman–Crippen MR) is 136 cm³/mol. The van der Waals surface area contributed by atoms with Gasteiger partial charge in [-0.3, -0.25) is 4.79 Å². The van der Waals surface area contributed by atoms with E-state index < -0.39 is 15.9 Å². The number of anilines is 1. The van der Waals surface area contributed by atoms with E-state index in [1.165, 1.54) is 11.4 Å². The van der Waals surface area contributed by atoms with Crippen LogP contribution in [0.1, 0.15) is 18.4 Å². The third-order valence-corrected chi connectivity index (χ3v) is 7.98. The van der Waals surface area contributed by atoms with Crippen LogP contribution in [0, 0.1) is 12.8 Å². The van der Waals surface area contributed by atoms with Crippen molar-refractivity contribution in [3.05, 3.63) is 77.3 Å². The second-order valence-corrected chi connectivity index (χ2v) is 10.7. The molecule has 0 unspecified atom stereocenters. The van der Waals surface area contributed by atoms with Crippen LogP contribution < -0.4 is 14.8 Å². The van der Waals surface area contributed by atoms with Gasteiger partial charge in [-0.2, -0.15) is 4.31 Å². The SMILES string of the molecule is COc1ccc(C)cc1S(=O)(=O)N1CCC[C@@H](C(=O)Nc2cc(Cl)ccc2Oc2ccccc2)C1. The first-order valence-electron chi connectivity index (χ1n) is 11.3. The van der Waals surface area contributed by atoms with Crippen molar-refractivity contribution in [2.45, 2.75) is 24.7 Å². The molecular weight excluding hydrogens is 488 g/mol. The molecule has 1 fully saturated rings. The third kappa shape index (κ3) is 5.78. The highest BCUT2D eigenvalue weighted by molar-refractivity contribution is 7.89. The Kier molecular flexibility index (Phi) is 7.64. The lowest BCUT2D eigenvalue weighted by molar-refractivity contribution is -0.120. The molecule has 1 aliphatic heterocycles. The summed E-state index contributed by atoms with van der Waals surface area (Å²) in [5, 5.41) is 3.33. The van der Waals surface area contributed by atoms with Gasteiger partial charge in [0.05, 0.1) is 18.7 Å². The minimum absolute atomic E-state index is 0.0701. The van der Waals surface area contributed by atoms with Gasteiger partial charge in [0.15, 0.2) is 5.75 Å². The average Bonchev–Trinajstić information content (AvgIpc) is 2.86. The zero-order valence-corrected chi connectivity index (χ0v) is 21.1. The highest BCUT2D eigenvalue weighted by Crippen LogP contribution is 2.34. The largest absolute Gasteiger partial charge is 0.495 e. The van der Waals surface area contributed by atoms with E-state index >= 15 is 0 Å². The summed E-state index contributed by atoms with van der Waals surface area (Å²) < 4.78 is 39.4. The molecule has 184 valence electrons. The number of amides is 1. The molecule has 3 aromatic rings. The molecule has 0 spiro atoms. The number of hydrogen-bond donors (Lipinski definition) is 1. The average molecular weight is 515 g/mol. The van der Waals surface area contributed by atoms with Crippen molar-refractivity contribution in [1.29, 1.82) is 0 Å². The van der Waals surface area contributed by atoms with Crippen LogP contribution in [0.3, 0.4) is 0 Å². The molecule has 1 saturated heterocycles. The Morgan fingerprint density at radius 2 is 1.80 bits per heavy atom. The number of carbonyl (C=O) groups is 1. The van der Waals surface area contributed by atoms with Crippen LogP contribution in [0.4, 0.5) is 5.69 Å². The lowest BCUT2D eigenvalue weighted by Gasteiger charge is -2.31. The van der Waals surface area contributed by atoms with E-state index in [0.717, 1.165) is 5.56 Å². The quantitative estimate of drug-likeness (QED) is 0.450. The van der Waals surface area contributed by atoms with Crippen LogP contribution in [0.2, 0.25) is 5.02 Å². The summed E-state index contributed by atoms with van der Waals surface area (Å²) in [6, 6.07) is 19.2. The highest BCUT2D eigenvalue weighted by atomic mass is 35.5. The fraction of sp³-hybridized carbons (Fsp3) is 0.269. The summed E-state index contributed by atoms with van der Waals surface area (Å²) in [4.78, 5) is 13.3. The predicted octanol–water partition coefficient (Wildman–Crippen LogP) is 5.49. The van der Waals surface area contributed by atoms with E-state index in [4.69, 9.17) is 21.1 Å². The van der Waals surface area contributed by atoms with Crippen molar-refractivity contribution in [1.82, 2.24) is 4.31 Å². The van der Waals surface area contributed by atoms with Crippen LogP contribution in [-0.2, 0) is 14.8 Å². The molecule has 7 nitrogen and oxygen atoms in total. The van der Waals surface area contributed by atoms with Gasteiger partial charge in [-0.1, -0.05) is 35.9 Å². The molecule has 1 atom stereocenters. The van der Waals surface area contributed by atoms with Gasteiger partial charge < -0.3 is 14.8 Å². The minimum Gasteiger partial charge on any atom is -0.495 e. The Balaban J connectivity index is 1.53. The smallest absolute Gasteiger partial charge is 0.246 e. The minimum atomic E-state index is -3.84. The van der Waals surface area contributed by atoms with Crippen molar-refractivity contribution in [3.63, 3.8) is 0 Å². The normalized spacial score (nSPS) is 16.5. The van der Waals surface area contributed by atoms with Crippen molar-refractivity contribution < 1.29 is 22.7 Å². The van der Waals surface area contributed by atoms with Gasteiger partial charge in [0.2, 0.25) is 15.9 Å². The number of para-hydroxylation sites is 1. The molecule has 9 heteroatoms. The topological polar surface area (TPSA) is 84.9 Å². The molecule has 0 saturated carbocycles. The Hall–Kier alpha value is -3.07. The van der Waals surface area contributed by atoms with Crippen LogP contribution in [0.5, 0.6) is 17.2 Å². The fourth-order valence-electron chi connectivity index (χ4n) is 4.04. The van der Waals surface area contributed by atoms with E-state index in [9.17, 15) is 13.2 Å². The Labute approximate surface area is 210 Å². The number of hydrogen-bond acceptors (Lipinski definition) is 5. The van der Waals surface area contributed by atoms with Crippen LogP contribution in [0.25, 0.3) is 0 Å². The molecular formula is C26H27ClN2O5S. The lowest BCUT2D eigenvalue weighted by atomic mass is 9.98. The van der Waals surface area contributed by atoms with Crippen molar-refractivity contribution in [3.8, 4) is 17.2 Å². The van der Waals surface area contributed by atoms with Crippen LogP contribution in [-0.4, -0.2) is 38.8 Å². The maximum Gasteiger partial charge on any atom is 0.246 e. The number of nitrogens with zero attached hydrogens (tertiary/aromatic N) is 1. The Bertz CT molecular complexity index is 1310. The van der Waals surface area contributed by atoms with Gasteiger partial charge in [0.25, 0.3) is 0 Å². The molecule has 0 radical (unpaired) electrons. The summed E-state index contributed by atoms with van der Waals surface area (Å²) in [7, 11) is -2.40. The third-order valence-electron chi connectivity index (χ3n) is 5.86. The molecule has 0 bridgehead atoms. The maximum absolute atomic E-state index is 13.4. The molecule has 4 rings (SSSR count). The van der Waals surface area contributed by atoms with E-state index in [1.807, 2.05) is 37.3 Å². The monoisotopic (exact) mass is 514 g/mol. The highest BCUT2D eigenvalue weighted by Gasteiger charge is 2.35. The summed E-state index contributed by atoms with van der Waals surface area (Å²) in [6.45, 7) is 2.23. The molecule has 0 aliphatic carbocycles. The molecule has 35 heavy (non-hydrogen) atoms. The van der Waals surface area contributed by atoms with Crippen molar-refractivity contribution in [2.75, 3.05) is 25.5 Å². The van der Waals surface area contributed by atoms with Gasteiger partial charge in [-0.15, -0.1) is 0 Å². The summed E-state index contributed by atoms with van der Waals surface area (Å²) in [5.41, 5.74) is 1.23. The fourth-order valence-corrected chi connectivity index (χ4v) is 5.97. The van der Waals surface area contributed by atoms with E-state index in [0.29, 0.717) is 41.6 Å². The van der Waals surface area contributed by atoms with Crippen LogP contribution >= 0.6 is 11.6 Å². The number of nitrogens with one attached hydrogen (secondary N) is 1. The zero-order valence-electron chi connectivity index (χ0n) is 19.5. The van der Waals surface area contributed by atoms with Crippen molar-refractivity contribution >= 4 is 33.2 Å².